The molecule has 2 rings (SSSR count). The fourth-order valence-corrected chi connectivity index (χ4v) is 2.30. The summed E-state index contributed by atoms with van der Waals surface area (Å²) in [6.45, 7) is 5.90. The number of carbonyl (C=O) groups is 1. The highest BCUT2D eigenvalue weighted by Crippen LogP contribution is 2.11. The van der Waals surface area contributed by atoms with Gasteiger partial charge in [0.05, 0.1) is 5.71 Å². The number of amides is 1. The molecule has 0 aliphatic carbocycles. The first-order valence-electron chi connectivity index (χ1n) is 6.03. The largest absolute Gasteiger partial charge is 0.271 e. The maximum atomic E-state index is 12.0. The molecule has 0 saturated carbocycles. The van der Waals surface area contributed by atoms with Crippen molar-refractivity contribution < 1.29 is 4.79 Å². The highest BCUT2D eigenvalue weighted by atomic mass is 32.1. The average molecular weight is 272 g/mol. The molecule has 0 aliphatic rings. The van der Waals surface area contributed by atoms with Gasteiger partial charge in [-0.1, -0.05) is 12.1 Å². The minimum Gasteiger partial charge on any atom is -0.267 e. The van der Waals surface area contributed by atoms with E-state index in [0.29, 0.717) is 5.56 Å². The van der Waals surface area contributed by atoms with Crippen molar-refractivity contribution in [2.75, 3.05) is 0 Å². The molecule has 0 bridgehead atoms. The highest BCUT2D eigenvalue weighted by Gasteiger charge is 2.06. The second-order valence-corrected chi connectivity index (χ2v) is 5.36. The summed E-state index contributed by atoms with van der Waals surface area (Å²) in [5.41, 5.74) is 6.31. The smallest absolute Gasteiger partial charge is 0.267 e. The van der Waals surface area contributed by atoms with E-state index < -0.39 is 0 Å². The van der Waals surface area contributed by atoms with Crippen molar-refractivity contribution in [2.24, 2.45) is 5.10 Å². The lowest BCUT2D eigenvalue weighted by Crippen LogP contribution is -2.19. The van der Waals surface area contributed by atoms with Gasteiger partial charge >= 0.3 is 0 Å². The molecule has 0 fully saturated rings. The Morgan fingerprint density at radius 2 is 2.00 bits per heavy atom. The lowest BCUT2D eigenvalue weighted by molar-refractivity contribution is 0.0955. The Labute approximate surface area is 117 Å². The zero-order chi connectivity index (χ0) is 13.8. The molecule has 3 nitrogen and oxygen atoms in total. The van der Waals surface area contributed by atoms with Crippen LogP contribution in [0.5, 0.6) is 0 Å². The summed E-state index contributed by atoms with van der Waals surface area (Å²) in [5.74, 6) is -0.181. The molecule has 1 heterocycles. The zero-order valence-corrected chi connectivity index (χ0v) is 12.0. The molecule has 19 heavy (non-hydrogen) atoms. The van der Waals surface area contributed by atoms with Gasteiger partial charge in [0.1, 0.15) is 0 Å². The molecular formula is C15H16N2OS. The quantitative estimate of drug-likeness (QED) is 0.674. The number of benzene rings is 1. The number of hydrogen-bond acceptors (Lipinski definition) is 3. The van der Waals surface area contributed by atoms with Gasteiger partial charge in [0.2, 0.25) is 0 Å². The molecular weight excluding hydrogens is 256 g/mol. The van der Waals surface area contributed by atoms with Gasteiger partial charge in [0.25, 0.3) is 5.91 Å². The van der Waals surface area contributed by atoms with E-state index in [0.717, 1.165) is 16.2 Å². The minimum absolute atomic E-state index is 0.181. The van der Waals surface area contributed by atoms with Crippen molar-refractivity contribution in [2.45, 2.75) is 20.8 Å². The van der Waals surface area contributed by atoms with Crippen molar-refractivity contribution in [3.8, 4) is 0 Å². The van der Waals surface area contributed by atoms with Gasteiger partial charge in [-0.2, -0.15) is 5.10 Å². The van der Waals surface area contributed by atoms with Crippen LogP contribution in [0, 0.1) is 13.8 Å². The van der Waals surface area contributed by atoms with E-state index in [-0.39, 0.29) is 5.91 Å². The number of hydrogen-bond donors (Lipinski definition) is 1. The molecule has 4 heteroatoms. The molecule has 0 radical (unpaired) electrons. The molecule has 1 amide bonds. The predicted molar refractivity (Wildman–Crippen MR) is 79.9 cm³/mol. The Morgan fingerprint density at radius 3 is 2.63 bits per heavy atom. The third-order valence-corrected chi connectivity index (χ3v) is 3.95. The Morgan fingerprint density at radius 1 is 1.21 bits per heavy atom. The van der Waals surface area contributed by atoms with Crippen molar-refractivity contribution in [1.29, 1.82) is 0 Å². The van der Waals surface area contributed by atoms with E-state index >= 15 is 0 Å². The van der Waals surface area contributed by atoms with Gasteiger partial charge in [-0.3, -0.25) is 4.79 Å². The van der Waals surface area contributed by atoms with Gasteiger partial charge in [0, 0.05) is 10.4 Å². The number of carbonyl (C=O) groups excluding carboxylic acids is 1. The summed E-state index contributed by atoms with van der Waals surface area (Å²) in [6.07, 6.45) is 0. The third kappa shape index (κ3) is 3.29. The van der Waals surface area contributed by atoms with Gasteiger partial charge < -0.3 is 0 Å². The molecule has 98 valence electrons. The summed E-state index contributed by atoms with van der Waals surface area (Å²) in [4.78, 5) is 13.0. The topological polar surface area (TPSA) is 41.5 Å². The molecule has 0 saturated heterocycles. The first-order chi connectivity index (χ1) is 9.08. The van der Waals surface area contributed by atoms with Crippen LogP contribution < -0.4 is 5.43 Å². The third-order valence-electron chi connectivity index (χ3n) is 2.97. The molecule has 0 aliphatic heterocycles. The molecule has 1 aromatic carbocycles. The summed E-state index contributed by atoms with van der Waals surface area (Å²) < 4.78 is 0. The SMILES string of the molecule is C/C(=N\NC(=O)c1ccc(C)c(C)c1)c1cccs1. The van der Waals surface area contributed by atoms with Crippen LogP contribution in [0.15, 0.2) is 40.8 Å². The number of aryl methyl sites for hydroxylation is 2. The van der Waals surface area contributed by atoms with Gasteiger partial charge in [0.15, 0.2) is 0 Å². The van der Waals surface area contributed by atoms with Crippen molar-refractivity contribution in [3.05, 3.63) is 57.3 Å². The maximum Gasteiger partial charge on any atom is 0.271 e. The normalized spacial score (nSPS) is 11.4. The van der Waals surface area contributed by atoms with Crippen molar-refractivity contribution in [3.63, 3.8) is 0 Å². The second kappa shape index (κ2) is 5.80. The number of nitrogens with one attached hydrogen (secondary N) is 1. The van der Waals surface area contributed by atoms with Crippen LogP contribution in [-0.2, 0) is 0 Å². The van der Waals surface area contributed by atoms with Gasteiger partial charge in [-0.05, 0) is 55.5 Å². The van der Waals surface area contributed by atoms with Crippen LogP contribution in [0.4, 0.5) is 0 Å². The number of nitrogens with zero attached hydrogens (tertiary/aromatic N) is 1. The Hall–Kier alpha value is -1.94. The molecule has 1 N–H and O–H groups in total. The van der Waals surface area contributed by atoms with Crippen LogP contribution in [0.3, 0.4) is 0 Å². The van der Waals surface area contributed by atoms with Crippen molar-refractivity contribution >= 4 is 23.0 Å². The Kier molecular flexibility index (Phi) is 4.12. The lowest BCUT2D eigenvalue weighted by Gasteiger charge is -2.04. The van der Waals surface area contributed by atoms with Crippen molar-refractivity contribution in [1.82, 2.24) is 5.43 Å². The summed E-state index contributed by atoms with van der Waals surface area (Å²) >= 11 is 1.60. The first kappa shape index (κ1) is 13.5. The number of thiophene rings is 1. The Balaban J connectivity index is 2.09. The first-order valence-corrected chi connectivity index (χ1v) is 6.91. The van der Waals surface area contributed by atoms with E-state index in [1.807, 2.05) is 56.5 Å². The summed E-state index contributed by atoms with van der Waals surface area (Å²) in [7, 11) is 0. The predicted octanol–water partition coefficient (Wildman–Crippen LogP) is 3.52. The molecule has 0 spiro atoms. The fourth-order valence-electron chi connectivity index (χ4n) is 1.62. The molecule has 0 unspecified atom stereocenters. The van der Waals surface area contributed by atoms with Crippen LogP contribution >= 0.6 is 11.3 Å². The number of rotatable bonds is 3. The second-order valence-electron chi connectivity index (χ2n) is 4.41. The van der Waals surface area contributed by atoms with Crippen LogP contribution in [0.25, 0.3) is 0 Å². The summed E-state index contributed by atoms with van der Waals surface area (Å²) in [6, 6.07) is 9.57. The zero-order valence-electron chi connectivity index (χ0n) is 11.2. The maximum absolute atomic E-state index is 12.0. The van der Waals surface area contributed by atoms with E-state index in [4.69, 9.17) is 0 Å². The van der Waals surface area contributed by atoms with E-state index in [1.165, 1.54) is 5.56 Å². The lowest BCUT2D eigenvalue weighted by atomic mass is 10.1. The highest BCUT2D eigenvalue weighted by molar-refractivity contribution is 7.12. The monoisotopic (exact) mass is 272 g/mol. The average Bonchev–Trinajstić information content (AvgIpc) is 2.92. The van der Waals surface area contributed by atoms with E-state index in [9.17, 15) is 4.79 Å². The van der Waals surface area contributed by atoms with Gasteiger partial charge in [-0.15, -0.1) is 11.3 Å². The van der Waals surface area contributed by atoms with Crippen LogP contribution in [-0.4, -0.2) is 11.6 Å². The van der Waals surface area contributed by atoms with Crippen LogP contribution in [0.1, 0.15) is 33.3 Å². The number of hydrazone groups is 1. The summed E-state index contributed by atoms with van der Waals surface area (Å²) in [5, 5.41) is 6.11. The van der Waals surface area contributed by atoms with E-state index in [1.54, 1.807) is 11.3 Å². The molecule has 1 aromatic heterocycles. The standard InChI is InChI=1S/C15H16N2OS/c1-10-6-7-13(9-11(10)2)15(18)17-16-12(3)14-5-4-8-19-14/h4-9H,1-3H3,(H,17,18)/b16-12+. The van der Waals surface area contributed by atoms with Crippen LogP contribution in [0.2, 0.25) is 0 Å². The molecule has 2 aromatic rings. The molecule has 0 atom stereocenters. The van der Waals surface area contributed by atoms with E-state index in [2.05, 4.69) is 10.5 Å². The fraction of sp³-hybridized carbons (Fsp3) is 0.200. The Bertz CT molecular complexity index is 615. The van der Waals surface area contributed by atoms with Gasteiger partial charge in [-0.25, -0.2) is 5.43 Å². The minimum atomic E-state index is -0.181.